The summed E-state index contributed by atoms with van der Waals surface area (Å²) in [6.07, 6.45) is 1.53. The monoisotopic (exact) mass is 401 g/mol. The second-order valence-corrected chi connectivity index (χ2v) is 5.74. The molecular formula is C12H6Br2ClN3O. The van der Waals surface area contributed by atoms with Crippen molar-refractivity contribution in [3.63, 3.8) is 0 Å². The largest absolute Gasteiger partial charge is 0.282 e. The fraction of sp³-hybridized carbons (Fsp3) is 0.0833. The normalized spacial score (nSPS) is 10.2. The molecule has 0 aliphatic heterocycles. The molecule has 0 saturated carbocycles. The Hall–Kier alpha value is -1.16. The van der Waals surface area contributed by atoms with Gasteiger partial charge in [0.15, 0.2) is 0 Å². The van der Waals surface area contributed by atoms with Gasteiger partial charge in [-0.2, -0.15) is 10.4 Å². The third kappa shape index (κ3) is 3.06. The minimum Gasteiger partial charge on any atom is -0.266 e. The molecule has 2 rings (SSSR count). The minimum absolute atomic E-state index is 0.245. The number of halogens is 3. The Morgan fingerprint density at radius 3 is 2.79 bits per heavy atom. The van der Waals surface area contributed by atoms with Gasteiger partial charge in [0.1, 0.15) is 4.47 Å². The zero-order chi connectivity index (χ0) is 14.0. The maximum Gasteiger partial charge on any atom is 0.282 e. The van der Waals surface area contributed by atoms with Gasteiger partial charge in [-0.1, -0.05) is 17.7 Å². The lowest BCUT2D eigenvalue weighted by Gasteiger charge is -2.07. The summed E-state index contributed by atoms with van der Waals surface area (Å²) in [6, 6.07) is 6.94. The average Bonchev–Trinajstić information content (AvgIpc) is 2.41. The van der Waals surface area contributed by atoms with Crippen LogP contribution in [0, 0.1) is 11.3 Å². The van der Waals surface area contributed by atoms with Crippen LogP contribution in [0.2, 0.25) is 5.02 Å². The lowest BCUT2D eigenvalue weighted by Crippen LogP contribution is -2.24. The Labute approximate surface area is 130 Å². The van der Waals surface area contributed by atoms with Crippen LogP contribution in [0.3, 0.4) is 0 Å². The first-order chi connectivity index (χ1) is 9.02. The molecule has 0 N–H and O–H groups in total. The van der Waals surface area contributed by atoms with E-state index in [0.29, 0.717) is 19.5 Å². The van der Waals surface area contributed by atoms with Crippen LogP contribution in [-0.2, 0) is 6.54 Å². The van der Waals surface area contributed by atoms with E-state index in [2.05, 4.69) is 37.0 Å². The molecule has 7 heteroatoms. The first-order valence-electron chi connectivity index (χ1n) is 5.12. The predicted octanol–water partition coefficient (Wildman–Crippen LogP) is 3.34. The summed E-state index contributed by atoms with van der Waals surface area (Å²) in [6.45, 7) is 0.245. The Balaban J connectivity index is 2.40. The van der Waals surface area contributed by atoms with E-state index in [9.17, 15) is 4.79 Å². The number of aromatic nitrogens is 2. The predicted molar refractivity (Wildman–Crippen MR) is 79.2 cm³/mol. The fourth-order valence-corrected chi connectivity index (χ4v) is 2.27. The molecule has 0 radical (unpaired) electrons. The van der Waals surface area contributed by atoms with E-state index in [4.69, 9.17) is 16.9 Å². The van der Waals surface area contributed by atoms with Crippen molar-refractivity contribution < 1.29 is 0 Å². The summed E-state index contributed by atoms with van der Waals surface area (Å²) in [5.41, 5.74) is 0.949. The van der Waals surface area contributed by atoms with E-state index in [1.807, 2.05) is 6.07 Å². The van der Waals surface area contributed by atoms with Gasteiger partial charge in [-0.25, -0.2) is 4.68 Å². The van der Waals surface area contributed by atoms with Gasteiger partial charge in [-0.3, -0.25) is 4.79 Å². The van der Waals surface area contributed by atoms with Gasteiger partial charge in [-0.05, 0) is 49.6 Å². The molecule has 4 nitrogen and oxygen atoms in total. The van der Waals surface area contributed by atoms with Crippen LogP contribution in [0.25, 0.3) is 0 Å². The first-order valence-corrected chi connectivity index (χ1v) is 7.09. The third-order valence-corrected chi connectivity index (χ3v) is 4.70. The highest BCUT2D eigenvalue weighted by Gasteiger charge is 2.09. The van der Waals surface area contributed by atoms with E-state index in [1.54, 1.807) is 18.2 Å². The van der Waals surface area contributed by atoms with E-state index < -0.39 is 0 Å². The van der Waals surface area contributed by atoms with E-state index in [-0.39, 0.29) is 12.1 Å². The molecule has 0 fully saturated rings. The Morgan fingerprint density at radius 1 is 1.42 bits per heavy atom. The van der Waals surface area contributed by atoms with Crippen molar-refractivity contribution in [2.24, 2.45) is 0 Å². The van der Waals surface area contributed by atoms with Crippen molar-refractivity contribution in [2.75, 3.05) is 0 Å². The lowest BCUT2D eigenvalue weighted by molar-refractivity contribution is 0.633. The van der Waals surface area contributed by atoms with Crippen LogP contribution in [0.4, 0.5) is 0 Å². The fourth-order valence-electron chi connectivity index (χ4n) is 1.46. The third-order valence-electron chi connectivity index (χ3n) is 2.44. The highest BCUT2D eigenvalue weighted by atomic mass is 79.9. The van der Waals surface area contributed by atoms with Crippen LogP contribution >= 0.6 is 43.5 Å². The zero-order valence-corrected chi connectivity index (χ0v) is 13.3. The number of nitriles is 1. The molecular weight excluding hydrogens is 397 g/mol. The minimum atomic E-state index is -0.255. The second-order valence-electron chi connectivity index (χ2n) is 3.69. The number of hydrogen-bond donors (Lipinski definition) is 0. The molecule has 0 aliphatic rings. The number of benzene rings is 1. The highest BCUT2D eigenvalue weighted by Crippen LogP contribution is 2.20. The molecule has 0 bridgehead atoms. The molecule has 0 unspecified atom stereocenters. The van der Waals surface area contributed by atoms with Crippen molar-refractivity contribution >= 4 is 43.5 Å². The molecule has 96 valence electrons. The summed E-state index contributed by atoms with van der Waals surface area (Å²) in [5.74, 6) is 0. The van der Waals surface area contributed by atoms with Crippen molar-refractivity contribution in [3.05, 3.63) is 59.8 Å². The van der Waals surface area contributed by atoms with Crippen molar-refractivity contribution in [1.82, 2.24) is 9.78 Å². The molecule has 1 aromatic heterocycles. The van der Waals surface area contributed by atoms with Crippen LogP contribution in [-0.4, -0.2) is 9.78 Å². The van der Waals surface area contributed by atoms with Crippen LogP contribution in [0.1, 0.15) is 11.1 Å². The van der Waals surface area contributed by atoms with Crippen LogP contribution in [0.15, 0.2) is 38.1 Å². The van der Waals surface area contributed by atoms with Crippen molar-refractivity contribution in [3.8, 4) is 6.07 Å². The molecule has 1 aromatic carbocycles. The average molecular weight is 403 g/mol. The van der Waals surface area contributed by atoms with Gasteiger partial charge in [0.05, 0.1) is 28.8 Å². The van der Waals surface area contributed by atoms with Crippen LogP contribution < -0.4 is 5.56 Å². The molecule has 1 heterocycles. The van der Waals surface area contributed by atoms with Crippen molar-refractivity contribution in [2.45, 2.75) is 6.54 Å². The van der Waals surface area contributed by atoms with E-state index in [0.717, 1.165) is 5.56 Å². The molecule has 0 amide bonds. The van der Waals surface area contributed by atoms with Crippen molar-refractivity contribution in [1.29, 1.82) is 5.26 Å². The van der Waals surface area contributed by atoms with Gasteiger partial charge in [-0.15, -0.1) is 0 Å². The van der Waals surface area contributed by atoms with Crippen LogP contribution in [0.5, 0.6) is 0 Å². The summed E-state index contributed by atoms with van der Waals surface area (Å²) in [7, 11) is 0. The molecule has 0 atom stereocenters. The lowest BCUT2D eigenvalue weighted by atomic mass is 10.1. The Morgan fingerprint density at radius 2 is 2.16 bits per heavy atom. The first kappa shape index (κ1) is 14.3. The number of nitrogens with zero attached hydrogens (tertiary/aromatic N) is 3. The van der Waals surface area contributed by atoms with Gasteiger partial charge in [0, 0.05) is 5.02 Å². The second kappa shape index (κ2) is 5.87. The molecule has 19 heavy (non-hydrogen) atoms. The van der Waals surface area contributed by atoms with E-state index in [1.165, 1.54) is 10.9 Å². The maximum atomic E-state index is 12.0. The molecule has 0 aliphatic carbocycles. The molecule has 0 spiro atoms. The summed E-state index contributed by atoms with van der Waals surface area (Å²) in [4.78, 5) is 12.0. The summed E-state index contributed by atoms with van der Waals surface area (Å²) < 4.78 is 2.30. The Bertz CT molecular complexity index is 737. The standard InChI is InChI=1S/C12H6Br2ClN3O/c13-9-5-17-18(12(19)11(9)14)6-8-2-1-7(4-16)3-10(8)15/h1-3,5H,6H2. The van der Waals surface area contributed by atoms with Gasteiger partial charge >= 0.3 is 0 Å². The summed E-state index contributed by atoms with van der Waals surface area (Å²) in [5, 5.41) is 13.2. The Kier molecular flexibility index (Phi) is 4.40. The SMILES string of the molecule is N#Cc1ccc(Cn2ncc(Br)c(Br)c2=O)c(Cl)c1. The number of hydrogen-bond acceptors (Lipinski definition) is 3. The number of rotatable bonds is 2. The van der Waals surface area contributed by atoms with Gasteiger partial charge in [0.25, 0.3) is 5.56 Å². The molecule has 2 aromatic rings. The quantitative estimate of drug-likeness (QED) is 0.773. The highest BCUT2D eigenvalue weighted by molar-refractivity contribution is 9.13. The maximum absolute atomic E-state index is 12.0. The smallest absolute Gasteiger partial charge is 0.266 e. The van der Waals surface area contributed by atoms with E-state index >= 15 is 0 Å². The van der Waals surface area contributed by atoms with Gasteiger partial charge in [0.2, 0.25) is 0 Å². The molecule has 0 saturated heterocycles. The topological polar surface area (TPSA) is 58.7 Å². The van der Waals surface area contributed by atoms with Gasteiger partial charge < -0.3 is 0 Å². The zero-order valence-electron chi connectivity index (χ0n) is 9.40. The summed E-state index contributed by atoms with van der Waals surface area (Å²) >= 11 is 12.5.